The van der Waals surface area contributed by atoms with E-state index in [4.69, 9.17) is 13.6 Å². The van der Waals surface area contributed by atoms with Crippen LogP contribution >= 0.6 is 0 Å². The van der Waals surface area contributed by atoms with E-state index in [2.05, 4.69) is 0 Å². The Labute approximate surface area is 120 Å². The van der Waals surface area contributed by atoms with Crippen LogP contribution < -0.4 is 0 Å². The molecular weight excluding hydrogens is 272 g/mol. The Balaban J connectivity index is 2.33. The maximum Gasteiger partial charge on any atom is 0.379 e. The van der Waals surface area contributed by atoms with Crippen molar-refractivity contribution in [3.63, 3.8) is 0 Å². The van der Waals surface area contributed by atoms with Crippen LogP contribution in [0.15, 0.2) is 27.0 Å². The maximum atomic E-state index is 12.4. The van der Waals surface area contributed by atoms with Gasteiger partial charge in [-0.2, -0.15) is 0 Å². The van der Waals surface area contributed by atoms with Crippen molar-refractivity contribution in [2.45, 2.75) is 20.8 Å². The SMILES string of the molecule is CCOC(=O)C(=O)c1c2cc(C)oc2cc2cc(C)oc12. The molecule has 2 heterocycles. The fourth-order valence-electron chi connectivity index (χ4n) is 2.46. The largest absolute Gasteiger partial charge is 0.461 e. The van der Waals surface area contributed by atoms with Gasteiger partial charge in [0, 0.05) is 10.8 Å². The molecule has 0 N–H and O–H groups in total. The number of rotatable bonds is 3. The normalized spacial score (nSPS) is 11.2. The van der Waals surface area contributed by atoms with Crippen LogP contribution in [0.4, 0.5) is 0 Å². The van der Waals surface area contributed by atoms with Gasteiger partial charge in [-0.05, 0) is 39.0 Å². The maximum absolute atomic E-state index is 12.4. The molecule has 3 rings (SSSR count). The minimum absolute atomic E-state index is 0.144. The van der Waals surface area contributed by atoms with Gasteiger partial charge in [0.15, 0.2) is 0 Å². The van der Waals surface area contributed by atoms with Gasteiger partial charge in [-0.15, -0.1) is 0 Å². The van der Waals surface area contributed by atoms with Crippen molar-refractivity contribution in [1.82, 2.24) is 0 Å². The number of esters is 1. The first kappa shape index (κ1) is 13.4. The highest BCUT2D eigenvalue weighted by Crippen LogP contribution is 2.33. The summed E-state index contributed by atoms with van der Waals surface area (Å²) in [6, 6.07) is 5.32. The number of furan rings is 2. The molecular formula is C16H14O5. The van der Waals surface area contributed by atoms with Gasteiger partial charge < -0.3 is 13.6 Å². The molecule has 1 aromatic carbocycles. The van der Waals surface area contributed by atoms with E-state index in [0.717, 1.165) is 5.39 Å². The van der Waals surface area contributed by atoms with Crippen LogP contribution in [0.2, 0.25) is 0 Å². The Morgan fingerprint density at radius 1 is 1.10 bits per heavy atom. The van der Waals surface area contributed by atoms with Gasteiger partial charge in [-0.3, -0.25) is 4.79 Å². The monoisotopic (exact) mass is 286 g/mol. The number of carbonyl (C=O) groups is 2. The fourth-order valence-corrected chi connectivity index (χ4v) is 2.46. The van der Waals surface area contributed by atoms with E-state index in [9.17, 15) is 9.59 Å². The number of fused-ring (bicyclic) bond motifs is 2. The number of hydrogen-bond donors (Lipinski definition) is 0. The second-order valence-corrected chi connectivity index (χ2v) is 4.85. The summed E-state index contributed by atoms with van der Waals surface area (Å²) in [5, 5.41) is 1.29. The average molecular weight is 286 g/mol. The van der Waals surface area contributed by atoms with E-state index in [-0.39, 0.29) is 12.2 Å². The van der Waals surface area contributed by atoms with Gasteiger partial charge in [-0.1, -0.05) is 0 Å². The van der Waals surface area contributed by atoms with E-state index < -0.39 is 11.8 Å². The molecule has 0 aliphatic heterocycles. The molecule has 0 aliphatic carbocycles. The van der Waals surface area contributed by atoms with Gasteiger partial charge in [0.05, 0.1) is 12.2 Å². The fraction of sp³-hybridized carbons (Fsp3) is 0.250. The number of ether oxygens (including phenoxy) is 1. The Bertz CT molecular complexity index is 811. The number of Topliss-reactive ketones (excluding diaryl/α,β-unsaturated/α-hetero) is 1. The standard InChI is InChI=1S/C16H14O5/c1-4-19-16(18)14(17)13-11-6-9(3)20-12(11)7-10-5-8(2)21-15(10)13/h5-7H,4H2,1-3H3. The highest BCUT2D eigenvalue weighted by Gasteiger charge is 2.26. The molecule has 0 bridgehead atoms. The van der Waals surface area contributed by atoms with Crippen molar-refractivity contribution in [2.75, 3.05) is 6.61 Å². The predicted octanol–water partition coefficient (Wildman–Crippen LogP) is 3.54. The van der Waals surface area contributed by atoms with E-state index in [1.165, 1.54) is 0 Å². The highest BCUT2D eigenvalue weighted by molar-refractivity contribution is 6.45. The first-order valence-electron chi connectivity index (χ1n) is 6.66. The van der Waals surface area contributed by atoms with Crippen molar-refractivity contribution in [2.24, 2.45) is 0 Å². The van der Waals surface area contributed by atoms with Crippen molar-refractivity contribution in [3.8, 4) is 0 Å². The number of aryl methyl sites for hydroxylation is 2. The summed E-state index contributed by atoms with van der Waals surface area (Å²) in [7, 11) is 0. The first-order chi connectivity index (χ1) is 10.0. The van der Waals surface area contributed by atoms with Gasteiger partial charge in [-0.25, -0.2) is 4.79 Å². The van der Waals surface area contributed by atoms with Gasteiger partial charge in [0.1, 0.15) is 22.7 Å². The summed E-state index contributed by atoms with van der Waals surface area (Å²) in [6.07, 6.45) is 0. The molecule has 5 nitrogen and oxygen atoms in total. The van der Waals surface area contributed by atoms with Crippen LogP contribution in [0, 0.1) is 13.8 Å². The Morgan fingerprint density at radius 2 is 1.81 bits per heavy atom. The molecule has 0 aliphatic rings. The van der Waals surface area contributed by atoms with Crippen LogP contribution in [0.1, 0.15) is 28.8 Å². The van der Waals surface area contributed by atoms with Gasteiger partial charge in [0.25, 0.3) is 5.78 Å². The van der Waals surface area contributed by atoms with Crippen LogP contribution in [0.3, 0.4) is 0 Å². The van der Waals surface area contributed by atoms with E-state index in [1.807, 2.05) is 0 Å². The zero-order valence-corrected chi connectivity index (χ0v) is 12.0. The van der Waals surface area contributed by atoms with Crippen molar-refractivity contribution >= 4 is 33.7 Å². The smallest absolute Gasteiger partial charge is 0.379 e. The first-order valence-corrected chi connectivity index (χ1v) is 6.66. The summed E-state index contributed by atoms with van der Waals surface area (Å²) < 4.78 is 16.0. The highest BCUT2D eigenvalue weighted by atomic mass is 16.5. The van der Waals surface area contributed by atoms with Gasteiger partial charge >= 0.3 is 5.97 Å². The molecule has 0 unspecified atom stereocenters. The second-order valence-electron chi connectivity index (χ2n) is 4.85. The van der Waals surface area contributed by atoms with E-state index >= 15 is 0 Å². The lowest BCUT2D eigenvalue weighted by Crippen LogP contribution is -2.18. The quantitative estimate of drug-likeness (QED) is 0.418. The van der Waals surface area contributed by atoms with Gasteiger partial charge in [0.2, 0.25) is 0 Å². The number of hydrogen-bond acceptors (Lipinski definition) is 5. The molecule has 0 fully saturated rings. The van der Waals surface area contributed by atoms with Crippen molar-refractivity contribution in [3.05, 3.63) is 35.3 Å². The molecule has 0 radical (unpaired) electrons. The summed E-state index contributed by atoms with van der Waals surface area (Å²) >= 11 is 0. The molecule has 3 aromatic rings. The van der Waals surface area contributed by atoms with E-state index in [1.54, 1.807) is 39.0 Å². The van der Waals surface area contributed by atoms with Crippen molar-refractivity contribution in [1.29, 1.82) is 0 Å². The molecule has 0 amide bonds. The molecule has 0 saturated carbocycles. The molecule has 0 spiro atoms. The lowest BCUT2D eigenvalue weighted by atomic mass is 10.0. The summed E-state index contributed by atoms with van der Waals surface area (Å²) in [5.74, 6) is -0.290. The topological polar surface area (TPSA) is 69.7 Å². The van der Waals surface area contributed by atoms with Crippen LogP contribution in [0.25, 0.3) is 21.9 Å². The number of benzene rings is 1. The summed E-state index contributed by atoms with van der Waals surface area (Å²) in [4.78, 5) is 24.2. The molecule has 5 heteroatoms. The predicted molar refractivity (Wildman–Crippen MR) is 76.4 cm³/mol. The third kappa shape index (κ3) is 2.11. The lowest BCUT2D eigenvalue weighted by molar-refractivity contribution is -0.137. The molecule has 108 valence electrons. The Kier molecular flexibility index (Phi) is 3.05. The van der Waals surface area contributed by atoms with E-state index in [0.29, 0.717) is 28.1 Å². The lowest BCUT2D eigenvalue weighted by Gasteiger charge is -2.03. The zero-order valence-electron chi connectivity index (χ0n) is 12.0. The van der Waals surface area contributed by atoms with Crippen molar-refractivity contribution < 1.29 is 23.2 Å². The third-order valence-electron chi connectivity index (χ3n) is 3.24. The zero-order chi connectivity index (χ0) is 15.1. The third-order valence-corrected chi connectivity index (χ3v) is 3.24. The minimum atomic E-state index is -0.890. The summed E-state index contributed by atoms with van der Waals surface area (Å²) in [6.45, 7) is 5.36. The average Bonchev–Trinajstić information content (AvgIpc) is 2.95. The minimum Gasteiger partial charge on any atom is -0.461 e. The number of carbonyl (C=O) groups excluding carboxylic acids is 2. The molecule has 21 heavy (non-hydrogen) atoms. The Morgan fingerprint density at radius 3 is 2.52 bits per heavy atom. The van der Waals surface area contributed by atoms with Crippen LogP contribution in [-0.2, 0) is 9.53 Å². The second kappa shape index (κ2) is 4.77. The summed E-state index contributed by atoms with van der Waals surface area (Å²) in [5.41, 5.74) is 1.14. The Hall–Kier alpha value is -2.56. The number of ketones is 1. The molecule has 0 atom stereocenters. The van der Waals surface area contributed by atoms with Crippen LogP contribution in [0.5, 0.6) is 0 Å². The molecule has 2 aromatic heterocycles. The molecule has 0 saturated heterocycles. The van der Waals surface area contributed by atoms with Crippen LogP contribution in [-0.4, -0.2) is 18.4 Å².